The molecule has 0 unspecified atom stereocenters. The molecule has 2 aromatic heterocycles. The standard InChI is InChI=1S/C18H16N2O2S2/c1-20-17(22)14-7-8-23-16(14)19-18(20)24-10-15(21)13-6-5-11-3-2-4-12(11)9-13/h5-9H,2-4,10H2,1H3. The van der Waals surface area contributed by atoms with Gasteiger partial charge in [-0.3, -0.25) is 14.2 Å². The molecule has 0 saturated heterocycles. The van der Waals surface area contributed by atoms with E-state index in [0.717, 1.165) is 23.2 Å². The van der Waals surface area contributed by atoms with Crippen LogP contribution in [0.3, 0.4) is 0 Å². The molecular weight excluding hydrogens is 340 g/mol. The van der Waals surface area contributed by atoms with Gasteiger partial charge in [-0.1, -0.05) is 23.9 Å². The molecule has 24 heavy (non-hydrogen) atoms. The number of carbonyl (C=O) groups is 1. The van der Waals surface area contributed by atoms with Crippen LogP contribution in [-0.4, -0.2) is 21.1 Å². The van der Waals surface area contributed by atoms with Crippen LogP contribution in [0.1, 0.15) is 27.9 Å². The van der Waals surface area contributed by atoms with Gasteiger partial charge in [0.2, 0.25) is 0 Å². The van der Waals surface area contributed by atoms with Crippen molar-refractivity contribution in [1.29, 1.82) is 0 Å². The third-order valence-electron chi connectivity index (χ3n) is 4.42. The van der Waals surface area contributed by atoms with Gasteiger partial charge in [-0.25, -0.2) is 4.98 Å². The second-order valence-corrected chi connectivity index (χ2v) is 7.78. The minimum absolute atomic E-state index is 0.0614. The molecule has 6 heteroatoms. The quantitative estimate of drug-likeness (QED) is 0.408. The highest BCUT2D eigenvalue weighted by molar-refractivity contribution is 7.99. The first-order valence-electron chi connectivity index (χ1n) is 7.85. The molecule has 0 aliphatic heterocycles. The second-order valence-electron chi connectivity index (χ2n) is 5.95. The van der Waals surface area contributed by atoms with Gasteiger partial charge >= 0.3 is 0 Å². The number of aromatic nitrogens is 2. The van der Waals surface area contributed by atoms with E-state index in [1.54, 1.807) is 13.1 Å². The average molecular weight is 356 g/mol. The van der Waals surface area contributed by atoms with Crippen LogP contribution in [0.5, 0.6) is 0 Å². The number of nitrogens with zero attached hydrogens (tertiary/aromatic N) is 2. The largest absolute Gasteiger partial charge is 0.293 e. The van der Waals surface area contributed by atoms with Gasteiger partial charge in [0.05, 0.1) is 11.1 Å². The zero-order valence-corrected chi connectivity index (χ0v) is 14.9. The number of fused-ring (bicyclic) bond motifs is 2. The highest BCUT2D eigenvalue weighted by Gasteiger charge is 2.16. The summed E-state index contributed by atoms with van der Waals surface area (Å²) in [5.74, 6) is 0.367. The number of thiophene rings is 1. The molecule has 0 bridgehead atoms. The maximum absolute atomic E-state index is 12.5. The lowest BCUT2D eigenvalue weighted by molar-refractivity contribution is 0.102. The minimum Gasteiger partial charge on any atom is -0.293 e. The molecule has 4 nitrogen and oxygen atoms in total. The minimum atomic E-state index is -0.0614. The Morgan fingerprint density at radius 1 is 1.29 bits per heavy atom. The number of rotatable bonds is 4. The van der Waals surface area contributed by atoms with Crippen LogP contribution in [-0.2, 0) is 19.9 Å². The fourth-order valence-corrected chi connectivity index (χ4v) is 4.74. The number of aryl methyl sites for hydroxylation is 2. The monoisotopic (exact) mass is 356 g/mol. The van der Waals surface area contributed by atoms with E-state index in [-0.39, 0.29) is 17.1 Å². The third kappa shape index (κ3) is 2.70. The van der Waals surface area contributed by atoms with Crippen molar-refractivity contribution in [2.24, 2.45) is 7.05 Å². The van der Waals surface area contributed by atoms with E-state index in [4.69, 9.17) is 0 Å². The third-order valence-corrected chi connectivity index (χ3v) is 6.25. The van der Waals surface area contributed by atoms with Crippen LogP contribution in [0.15, 0.2) is 39.6 Å². The lowest BCUT2D eigenvalue weighted by Crippen LogP contribution is -2.19. The van der Waals surface area contributed by atoms with Gasteiger partial charge in [-0.05, 0) is 47.9 Å². The highest BCUT2D eigenvalue weighted by atomic mass is 32.2. The predicted octanol–water partition coefficient (Wildman–Crippen LogP) is 3.46. The average Bonchev–Trinajstić information content (AvgIpc) is 3.24. The summed E-state index contributed by atoms with van der Waals surface area (Å²) in [7, 11) is 1.70. The molecule has 4 rings (SSSR count). The van der Waals surface area contributed by atoms with Crippen molar-refractivity contribution in [2.75, 3.05) is 5.75 Å². The molecule has 1 aliphatic rings. The summed E-state index contributed by atoms with van der Waals surface area (Å²) in [6, 6.07) is 7.81. The summed E-state index contributed by atoms with van der Waals surface area (Å²) < 4.78 is 1.52. The molecule has 0 radical (unpaired) electrons. The Labute approximate surface area is 147 Å². The van der Waals surface area contributed by atoms with Crippen LogP contribution >= 0.6 is 23.1 Å². The number of Topliss-reactive ketones (excluding diaryl/α,β-unsaturated/α-hetero) is 1. The molecule has 1 aromatic carbocycles. The normalized spacial score (nSPS) is 13.4. The Kier molecular flexibility index (Phi) is 4.02. The maximum atomic E-state index is 12.5. The first-order valence-corrected chi connectivity index (χ1v) is 9.72. The summed E-state index contributed by atoms with van der Waals surface area (Å²) in [6.07, 6.45) is 3.36. The lowest BCUT2D eigenvalue weighted by Gasteiger charge is -2.07. The van der Waals surface area contributed by atoms with Crippen molar-refractivity contribution in [2.45, 2.75) is 24.4 Å². The van der Waals surface area contributed by atoms with E-state index in [2.05, 4.69) is 11.1 Å². The SMILES string of the molecule is Cn1c(SCC(=O)c2ccc3c(c2)CCC3)nc2sccc2c1=O. The zero-order chi connectivity index (χ0) is 16.7. The first kappa shape index (κ1) is 15.6. The molecule has 0 N–H and O–H groups in total. The number of hydrogen-bond donors (Lipinski definition) is 0. The van der Waals surface area contributed by atoms with E-state index >= 15 is 0 Å². The van der Waals surface area contributed by atoms with Gasteiger partial charge in [0, 0.05) is 12.6 Å². The lowest BCUT2D eigenvalue weighted by atomic mass is 10.0. The fraction of sp³-hybridized carbons (Fsp3) is 0.278. The second kappa shape index (κ2) is 6.18. The van der Waals surface area contributed by atoms with Crippen LogP contribution in [0.4, 0.5) is 0 Å². The van der Waals surface area contributed by atoms with Crippen LogP contribution in [0.25, 0.3) is 10.2 Å². The summed E-state index contributed by atoms with van der Waals surface area (Å²) in [5.41, 5.74) is 3.36. The summed E-state index contributed by atoms with van der Waals surface area (Å²) in [6.45, 7) is 0. The van der Waals surface area contributed by atoms with Crippen LogP contribution < -0.4 is 5.56 Å². The van der Waals surface area contributed by atoms with Crippen molar-refractivity contribution < 1.29 is 4.79 Å². The Morgan fingerprint density at radius 2 is 2.12 bits per heavy atom. The van der Waals surface area contributed by atoms with Gasteiger partial charge in [0.25, 0.3) is 5.56 Å². The van der Waals surface area contributed by atoms with Crippen molar-refractivity contribution in [1.82, 2.24) is 9.55 Å². The van der Waals surface area contributed by atoms with Gasteiger partial charge in [-0.2, -0.15) is 0 Å². The van der Waals surface area contributed by atoms with Crippen LogP contribution in [0, 0.1) is 0 Å². The molecule has 3 aromatic rings. The van der Waals surface area contributed by atoms with Gasteiger partial charge in [0.15, 0.2) is 10.9 Å². The van der Waals surface area contributed by atoms with E-state index in [1.165, 1.54) is 45.2 Å². The van der Waals surface area contributed by atoms with Crippen molar-refractivity contribution in [3.63, 3.8) is 0 Å². The molecule has 2 heterocycles. The molecule has 0 fully saturated rings. The Morgan fingerprint density at radius 3 is 3.00 bits per heavy atom. The molecule has 1 aliphatic carbocycles. The fourth-order valence-electron chi connectivity index (χ4n) is 3.07. The Balaban J connectivity index is 1.55. The molecule has 0 spiro atoms. The maximum Gasteiger partial charge on any atom is 0.262 e. The summed E-state index contributed by atoms with van der Waals surface area (Å²) in [5, 5.41) is 3.09. The zero-order valence-electron chi connectivity index (χ0n) is 13.2. The summed E-state index contributed by atoms with van der Waals surface area (Å²) in [4.78, 5) is 30.0. The molecule has 0 amide bonds. The van der Waals surface area contributed by atoms with Gasteiger partial charge < -0.3 is 0 Å². The van der Waals surface area contributed by atoms with E-state index in [9.17, 15) is 9.59 Å². The molecule has 0 atom stereocenters. The van der Waals surface area contributed by atoms with Crippen LogP contribution in [0.2, 0.25) is 0 Å². The number of hydrogen-bond acceptors (Lipinski definition) is 5. The highest BCUT2D eigenvalue weighted by Crippen LogP contribution is 2.25. The molecular formula is C18H16N2O2S2. The molecule has 122 valence electrons. The van der Waals surface area contributed by atoms with Gasteiger partial charge in [-0.15, -0.1) is 11.3 Å². The topological polar surface area (TPSA) is 52.0 Å². The van der Waals surface area contributed by atoms with E-state index in [0.29, 0.717) is 10.5 Å². The number of benzene rings is 1. The Hall–Kier alpha value is -1.92. The smallest absolute Gasteiger partial charge is 0.262 e. The van der Waals surface area contributed by atoms with Crippen molar-refractivity contribution >= 4 is 39.1 Å². The van der Waals surface area contributed by atoms with Gasteiger partial charge in [0.1, 0.15) is 4.83 Å². The Bertz CT molecular complexity index is 1000. The first-order chi connectivity index (χ1) is 11.6. The number of ketones is 1. The van der Waals surface area contributed by atoms with E-state index < -0.39 is 0 Å². The predicted molar refractivity (Wildman–Crippen MR) is 98.4 cm³/mol. The number of carbonyl (C=O) groups excluding carboxylic acids is 1. The van der Waals surface area contributed by atoms with Crippen molar-refractivity contribution in [3.05, 3.63) is 56.7 Å². The molecule has 0 saturated carbocycles. The van der Waals surface area contributed by atoms with Crippen molar-refractivity contribution in [3.8, 4) is 0 Å². The summed E-state index contributed by atoms with van der Waals surface area (Å²) >= 11 is 2.77. The number of thioether (sulfide) groups is 1. The van der Waals surface area contributed by atoms with E-state index in [1.807, 2.05) is 17.5 Å².